The summed E-state index contributed by atoms with van der Waals surface area (Å²) in [6.45, 7) is 2.11. The molecule has 0 fully saturated rings. The zero-order valence-corrected chi connectivity index (χ0v) is 10.4. The van der Waals surface area contributed by atoms with Crippen molar-refractivity contribution in [3.8, 4) is 0 Å². The number of hydrogen-bond acceptors (Lipinski definition) is 4. The third kappa shape index (κ3) is 4.40. The smallest absolute Gasteiger partial charge is 0.317 e. The van der Waals surface area contributed by atoms with Crippen molar-refractivity contribution in [2.24, 2.45) is 0 Å². The average molecular weight is 255 g/mol. The van der Waals surface area contributed by atoms with Crippen LogP contribution in [0.1, 0.15) is 25.6 Å². The highest BCUT2D eigenvalue weighted by Gasteiger charge is 2.17. The van der Waals surface area contributed by atoms with Crippen LogP contribution in [0.15, 0.2) is 6.33 Å². The molecule has 1 aromatic rings. The van der Waals surface area contributed by atoms with Crippen LogP contribution < -0.4 is 5.32 Å². The lowest BCUT2D eigenvalue weighted by molar-refractivity contribution is -0.137. The number of urea groups is 1. The molecule has 18 heavy (non-hydrogen) atoms. The molecule has 1 rings (SSSR count). The van der Waals surface area contributed by atoms with Gasteiger partial charge in [-0.25, -0.2) is 9.78 Å². The monoisotopic (exact) mass is 255 g/mol. The fraction of sp³-hybridized carbons (Fsp3) is 0.600. The van der Waals surface area contributed by atoms with Crippen LogP contribution in [0.2, 0.25) is 0 Å². The molecule has 0 radical (unpaired) electrons. The maximum Gasteiger partial charge on any atom is 0.317 e. The van der Waals surface area contributed by atoms with E-state index in [-0.39, 0.29) is 25.0 Å². The molecular weight excluding hydrogens is 238 g/mol. The van der Waals surface area contributed by atoms with E-state index >= 15 is 0 Å². The number of amides is 2. The summed E-state index contributed by atoms with van der Waals surface area (Å²) in [7, 11) is 1.60. The fourth-order valence-electron chi connectivity index (χ4n) is 1.40. The van der Waals surface area contributed by atoms with Gasteiger partial charge in [-0.05, 0) is 6.42 Å². The Labute approximate surface area is 104 Å². The van der Waals surface area contributed by atoms with E-state index in [9.17, 15) is 9.59 Å². The average Bonchev–Trinajstić information content (AvgIpc) is 2.80. The number of aromatic amines is 1. The minimum absolute atomic E-state index is 0.0849. The summed E-state index contributed by atoms with van der Waals surface area (Å²) >= 11 is 0. The summed E-state index contributed by atoms with van der Waals surface area (Å²) in [5, 5.41) is 17.7. The highest BCUT2D eigenvalue weighted by Crippen LogP contribution is 2.00. The number of H-pyrrole nitrogens is 1. The molecule has 1 unspecified atom stereocenters. The first-order chi connectivity index (χ1) is 8.52. The van der Waals surface area contributed by atoms with Gasteiger partial charge in [-0.1, -0.05) is 6.92 Å². The van der Waals surface area contributed by atoms with E-state index in [1.165, 1.54) is 11.2 Å². The standard InChI is InChI=1S/C10H17N5O3/c1-3-7(4-9(16)17)13-10(18)15(2)5-8-11-6-12-14-8/h6-7H,3-5H2,1-2H3,(H,13,18)(H,16,17)(H,11,12,14). The van der Waals surface area contributed by atoms with Gasteiger partial charge in [0.1, 0.15) is 12.2 Å². The zero-order chi connectivity index (χ0) is 13.5. The zero-order valence-electron chi connectivity index (χ0n) is 10.4. The Morgan fingerprint density at radius 2 is 2.33 bits per heavy atom. The molecule has 3 N–H and O–H groups in total. The molecule has 0 aliphatic heterocycles. The first-order valence-corrected chi connectivity index (χ1v) is 5.60. The molecule has 1 aromatic heterocycles. The van der Waals surface area contributed by atoms with E-state index < -0.39 is 5.97 Å². The minimum Gasteiger partial charge on any atom is -0.481 e. The Morgan fingerprint density at radius 3 is 2.83 bits per heavy atom. The topological polar surface area (TPSA) is 111 Å². The van der Waals surface area contributed by atoms with Gasteiger partial charge in [-0.15, -0.1) is 0 Å². The van der Waals surface area contributed by atoms with Crippen LogP contribution in [-0.4, -0.2) is 50.3 Å². The van der Waals surface area contributed by atoms with Crippen molar-refractivity contribution in [2.75, 3.05) is 7.05 Å². The summed E-state index contributed by atoms with van der Waals surface area (Å²) in [6.07, 6.45) is 1.84. The highest BCUT2D eigenvalue weighted by molar-refractivity contribution is 5.75. The molecule has 2 amide bonds. The van der Waals surface area contributed by atoms with Crippen molar-refractivity contribution >= 4 is 12.0 Å². The summed E-state index contributed by atoms with van der Waals surface area (Å²) in [5.41, 5.74) is 0. The number of carbonyl (C=O) groups is 2. The molecule has 0 saturated carbocycles. The number of nitrogens with zero attached hydrogens (tertiary/aromatic N) is 3. The first-order valence-electron chi connectivity index (χ1n) is 5.60. The van der Waals surface area contributed by atoms with Crippen LogP contribution in [0.4, 0.5) is 4.79 Å². The Kier molecular flexibility index (Phi) is 5.09. The number of carboxylic acids is 1. The molecule has 0 spiro atoms. The van der Waals surface area contributed by atoms with Crippen LogP contribution in [0.3, 0.4) is 0 Å². The molecule has 0 aromatic carbocycles. The highest BCUT2D eigenvalue weighted by atomic mass is 16.4. The van der Waals surface area contributed by atoms with Crippen molar-refractivity contribution in [1.29, 1.82) is 0 Å². The summed E-state index contributed by atoms with van der Waals surface area (Å²) in [5.74, 6) is -0.362. The van der Waals surface area contributed by atoms with Gasteiger partial charge >= 0.3 is 12.0 Å². The quantitative estimate of drug-likeness (QED) is 0.672. The van der Waals surface area contributed by atoms with E-state index in [0.717, 1.165) is 0 Å². The number of hydrogen-bond donors (Lipinski definition) is 3. The number of carboxylic acid groups (broad SMARTS) is 1. The second-order valence-electron chi connectivity index (χ2n) is 3.94. The molecule has 0 bridgehead atoms. The molecule has 0 aliphatic rings. The van der Waals surface area contributed by atoms with Crippen LogP contribution in [0.25, 0.3) is 0 Å². The van der Waals surface area contributed by atoms with Crippen LogP contribution in [0.5, 0.6) is 0 Å². The Hall–Kier alpha value is -2.12. The van der Waals surface area contributed by atoms with E-state index in [4.69, 9.17) is 5.11 Å². The molecule has 1 heterocycles. The predicted octanol–water partition coefficient (Wildman–Crippen LogP) is 0.199. The van der Waals surface area contributed by atoms with Crippen LogP contribution in [-0.2, 0) is 11.3 Å². The number of nitrogens with one attached hydrogen (secondary N) is 2. The fourth-order valence-corrected chi connectivity index (χ4v) is 1.40. The van der Waals surface area contributed by atoms with Crippen molar-refractivity contribution in [3.05, 3.63) is 12.2 Å². The lowest BCUT2D eigenvalue weighted by Gasteiger charge is -2.21. The van der Waals surface area contributed by atoms with Crippen molar-refractivity contribution in [1.82, 2.24) is 25.4 Å². The molecule has 8 nitrogen and oxygen atoms in total. The molecule has 0 aliphatic carbocycles. The Balaban J connectivity index is 2.45. The van der Waals surface area contributed by atoms with E-state index in [1.807, 2.05) is 6.92 Å². The minimum atomic E-state index is -0.931. The number of aromatic nitrogens is 3. The van der Waals surface area contributed by atoms with Gasteiger partial charge < -0.3 is 15.3 Å². The van der Waals surface area contributed by atoms with E-state index in [1.54, 1.807) is 7.05 Å². The maximum absolute atomic E-state index is 11.8. The van der Waals surface area contributed by atoms with Gasteiger partial charge in [0.2, 0.25) is 0 Å². The summed E-state index contributed by atoms with van der Waals surface area (Å²) < 4.78 is 0. The third-order valence-electron chi connectivity index (χ3n) is 2.44. The second kappa shape index (κ2) is 6.58. The number of aliphatic carboxylic acids is 1. The van der Waals surface area contributed by atoms with E-state index in [2.05, 4.69) is 20.5 Å². The Morgan fingerprint density at radius 1 is 1.61 bits per heavy atom. The lowest BCUT2D eigenvalue weighted by Crippen LogP contribution is -2.43. The maximum atomic E-state index is 11.8. The van der Waals surface area contributed by atoms with Gasteiger partial charge in [0.05, 0.1) is 13.0 Å². The number of rotatable bonds is 6. The molecule has 0 saturated heterocycles. The molecular formula is C10H17N5O3. The molecule has 8 heteroatoms. The van der Waals surface area contributed by atoms with Crippen molar-refractivity contribution in [3.63, 3.8) is 0 Å². The normalized spacial score (nSPS) is 11.9. The van der Waals surface area contributed by atoms with Crippen LogP contribution >= 0.6 is 0 Å². The summed E-state index contributed by atoms with van der Waals surface area (Å²) in [4.78, 5) is 27.7. The van der Waals surface area contributed by atoms with E-state index in [0.29, 0.717) is 12.2 Å². The first kappa shape index (κ1) is 13.9. The van der Waals surface area contributed by atoms with Crippen molar-refractivity contribution < 1.29 is 14.7 Å². The lowest BCUT2D eigenvalue weighted by atomic mass is 10.1. The predicted molar refractivity (Wildman–Crippen MR) is 62.7 cm³/mol. The third-order valence-corrected chi connectivity index (χ3v) is 2.44. The van der Waals surface area contributed by atoms with Gasteiger partial charge in [-0.3, -0.25) is 9.89 Å². The van der Waals surface area contributed by atoms with Gasteiger partial charge in [0, 0.05) is 13.1 Å². The van der Waals surface area contributed by atoms with Gasteiger partial charge in [-0.2, -0.15) is 5.10 Å². The molecule has 1 atom stereocenters. The Bertz CT molecular complexity index is 392. The molecule has 100 valence electrons. The van der Waals surface area contributed by atoms with Gasteiger partial charge in [0.25, 0.3) is 0 Å². The van der Waals surface area contributed by atoms with Crippen LogP contribution in [0, 0.1) is 0 Å². The van der Waals surface area contributed by atoms with Gasteiger partial charge in [0.15, 0.2) is 0 Å². The number of carbonyl (C=O) groups excluding carboxylic acids is 1. The second-order valence-corrected chi connectivity index (χ2v) is 3.94. The van der Waals surface area contributed by atoms with Crippen molar-refractivity contribution in [2.45, 2.75) is 32.4 Å². The SMILES string of the molecule is CCC(CC(=O)O)NC(=O)N(C)Cc1ncn[nH]1. The largest absolute Gasteiger partial charge is 0.481 e. The summed E-state index contributed by atoms with van der Waals surface area (Å²) in [6, 6.07) is -0.702.